The van der Waals surface area contributed by atoms with E-state index in [0.29, 0.717) is 31.6 Å². The normalized spacial score (nSPS) is 17.1. The fraction of sp³-hybridized carbons (Fsp3) is 0.333. The molecule has 0 radical (unpaired) electrons. The highest BCUT2D eigenvalue weighted by molar-refractivity contribution is 5.92. The molecule has 2 aromatic rings. The first-order chi connectivity index (χ1) is 10.9. The third kappa shape index (κ3) is 3.56. The predicted molar refractivity (Wildman–Crippen MR) is 85.4 cm³/mol. The van der Waals surface area contributed by atoms with Crippen LogP contribution in [-0.4, -0.2) is 39.6 Å². The SMILES string of the molecule is CC1(O)CCN(C(=O)c2ccc(-c3cccc(F)c3)cn2)CC1. The zero-order chi connectivity index (χ0) is 16.4. The molecule has 1 aliphatic heterocycles. The second-order valence-electron chi connectivity index (χ2n) is 6.23. The van der Waals surface area contributed by atoms with Crippen molar-refractivity contribution in [2.75, 3.05) is 13.1 Å². The summed E-state index contributed by atoms with van der Waals surface area (Å²) >= 11 is 0. The highest BCUT2D eigenvalue weighted by Gasteiger charge is 2.30. The number of hydrogen-bond acceptors (Lipinski definition) is 3. The summed E-state index contributed by atoms with van der Waals surface area (Å²) in [5, 5.41) is 9.95. The second-order valence-corrected chi connectivity index (χ2v) is 6.23. The lowest BCUT2D eigenvalue weighted by Gasteiger charge is -2.35. The van der Waals surface area contributed by atoms with E-state index in [0.717, 1.165) is 11.1 Å². The first-order valence-electron chi connectivity index (χ1n) is 7.68. The molecule has 0 bridgehead atoms. The number of halogens is 1. The van der Waals surface area contributed by atoms with E-state index in [2.05, 4.69) is 4.98 Å². The Labute approximate surface area is 134 Å². The molecule has 1 aromatic carbocycles. The molecule has 1 fully saturated rings. The molecule has 1 amide bonds. The lowest BCUT2D eigenvalue weighted by atomic mass is 9.93. The Morgan fingerprint density at radius 1 is 1.22 bits per heavy atom. The van der Waals surface area contributed by atoms with Gasteiger partial charge in [-0.15, -0.1) is 0 Å². The quantitative estimate of drug-likeness (QED) is 0.927. The number of carbonyl (C=O) groups is 1. The number of benzene rings is 1. The molecule has 1 N–H and O–H groups in total. The first kappa shape index (κ1) is 15.6. The van der Waals surface area contributed by atoms with Crippen LogP contribution in [0, 0.1) is 5.82 Å². The maximum absolute atomic E-state index is 13.3. The molecule has 0 unspecified atom stereocenters. The second kappa shape index (κ2) is 6.08. The molecule has 1 aliphatic rings. The van der Waals surface area contributed by atoms with Crippen molar-refractivity contribution in [3.05, 3.63) is 54.1 Å². The number of piperidine rings is 1. The zero-order valence-corrected chi connectivity index (χ0v) is 13.0. The van der Waals surface area contributed by atoms with Gasteiger partial charge in [-0.25, -0.2) is 4.39 Å². The Bertz CT molecular complexity index is 703. The molecule has 2 heterocycles. The minimum absolute atomic E-state index is 0.133. The average Bonchev–Trinajstić information content (AvgIpc) is 2.54. The van der Waals surface area contributed by atoms with E-state index < -0.39 is 5.60 Å². The van der Waals surface area contributed by atoms with E-state index in [-0.39, 0.29) is 11.7 Å². The molecule has 0 saturated carbocycles. The summed E-state index contributed by atoms with van der Waals surface area (Å²) in [5.41, 5.74) is 1.17. The highest BCUT2D eigenvalue weighted by Crippen LogP contribution is 2.23. The summed E-state index contributed by atoms with van der Waals surface area (Å²) in [5.74, 6) is -0.436. The topological polar surface area (TPSA) is 53.4 Å². The lowest BCUT2D eigenvalue weighted by Crippen LogP contribution is -2.45. The average molecular weight is 314 g/mol. The van der Waals surface area contributed by atoms with Gasteiger partial charge in [0.2, 0.25) is 0 Å². The third-order valence-corrected chi connectivity index (χ3v) is 4.27. The molecule has 1 saturated heterocycles. The number of carbonyl (C=O) groups excluding carboxylic acids is 1. The number of amides is 1. The Morgan fingerprint density at radius 3 is 2.57 bits per heavy atom. The van der Waals surface area contributed by atoms with E-state index in [1.807, 2.05) is 0 Å². The van der Waals surface area contributed by atoms with Gasteiger partial charge >= 0.3 is 0 Å². The molecule has 5 heteroatoms. The van der Waals surface area contributed by atoms with Crippen molar-refractivity contribution in [3.8, 4) is 11.1 Å². The van der Waals surface area contributed by atoms with E-state index in [1.54, 1.807) is 42.3 Å². The van der Waals surface area contributed by atoms with Crippen molar-refractivity contribution in [2.24, 2.45) is 0 Å². The number of aromatic nitrogens is 1. The van der Waals surface area contributed by atoms with Gasteiger partial charge in [-0.1, -0.05) is 18.2 Å². The monoisotopic (exact) mass is 314 g/mol. The molecule has 23 heavy (non-hydrogen) atoms. The summed E-state index contributed by atoms with van der Waals surface area (Å²) < 4.78 is 13.3. The Morgan fingerprint density at radius 2 is 1.96 bits per heavy atom. The summed E-state index contributed by atoms with van der Waals surface area (Å²) in [6.45, 7) is 2.85. The van der Waals surface area contributed by atoms with Crippen LogP contribution in [0.4, 0.5) is 4.39 Å². The Kier molecular flexibility index (Phi) is 4.13. The number of pyridine rings is 1. The molecular weight excluding hydrogens is 295 g/mol. The van der Waals surface area contributed by atoms with Gasteiger partial charge < -0.3 is 10.0 Å². The van der Waals surface area contributed by atoms with Gasteiger partial charge in [0.15, 0.2) is 0 Å². The van der Waals surface area contributed by atoms with Gasteiger partial charge in [0.25, 0.3) is 5.91 Å². The molecule has 0 aliphatic carbocycles. The maximum atomic E-state index is 13.3. The van der Waals surface area contributed by atoms with E-state index in [9.17, 15) is 14.3 Å². The summed E-state index contributed by atoms with van der Waals surface area (Å²) in [7, 11) is 0. The van der Waals surface area contributed by atoms with Gasteiger partial charge in [0.1, 0.15) is 11.5 Å². The van der Waals surface area contributed by atoms with Crippen LogP contribution in [0.1, 0.15) is 30.3 Å². The predicted octanol–water partition coefficient (Wildman–Crippen LogP) is 2.87. The van der Waals surface area contributed by atoms with Gasteiger partial charge in [0, 0.05) is 24.8 Å². The van der Waals surface area contributed by atoms with Crippen molar-refractivity contribution >= 4 is 5.91 Å². The third-order valence-electron chi connectivity index (χ3n) is 4.27. The van der Waals surface area contributed by atoms with Gasteiger partial charge in [0.05, 0.1) is 5.60 Å². The van der Waals surface area contributed by atoms with Crippen LogP contribution < -0.4 is 0 Å². The Hall–Kier alpha value is -2.27. The van der Waals surface area contributed by atoms with Crippen LogP contribution in [0.2, 0.25) is 0 Å². The summed E-state index contributed by atoms with van der Waals surface area (Å²) in [6, 6.07) is 9.70. The van der Waals surface area contributed by atoms with E-state index >= 15 is 0 Å². The molecular formula is C18H19FN2O2. The fourth-order valence-corrected chi connectivity index (χ4v) is 2.71. The van der Waals surface area contributed by atoms with Crippen molar-refractivity contribution in [1.82, 2.24) is 9.88 Å². The summed E-state index contributed by atoms with van der Waals surface area (Å²) in [4.78, 5) is 18.4. The summed E-state index contributed by atoms with van der Waals surface area (Å²) in [6.07, 6.45) is 2.72. The highest BCUT2D eigenvalue weighted by atomic mass is 19.1. The van der Waals surface area contributed by atoms with Crippen molar-refractivity contribution in [3.63, 3.8) is 0 Å². The first-order valence-corrected chi connectivity index (χ1v) is 7.68. The van der Waals surface area contributed by atoms with E-state index in [4.69, 9.17) is 0 Å². The zero-order valence-electron chi connectivity index (χ0n) is 13.0. The molecule has 120 valence electrons. The van der Waals surface area contributed by atoms with Crippen LogP contribution in [0.25, 0.3) is 11.1 Å². The number of rotatable bonds is 2. The van der Waals surface area contributed by atoms with Gasteiger partial charge in [-0.05, 0) is 43.5 Å². The van der Waals surface area contributed by atoms with Crippen LogP contribution in [-0.2, 0) is 0 Å². The minimum Gasteiger partial charge on any atom is -0.390 e. The number of likely N-dealkylation sites (tertiary alicyclic amines) is 1. The molecule has 3 rings (SSSR count). The Balaban J connectivity index is 1.73. The maximum Gasteiger partial charge on any atom is 0.272 e. The minimum atomic E-state index is -0.689. The number of aliphatic hydroxyl groups is 1. The molecule has 1 aromatic heterocycles. The fourth-order valence-electron chi connectivity index (χ4n) is 2.71. The van der Waals surface area contributed by atoms with Gasteiger partial charge in [-0.2, -0.15) is 0 Å². The van der Waals surface area contributed by atoms with Crippen LogP contribution in [0.3, 0.4) is 0 Å². The van der Waals surface area contributed by atoms with Crippen molar-refractivity contribution < 1.29 is 14.3 Å². The molecule has 0 spiro atoms. The largest absolute Gasteiger partial charge is 0.390 e. The number of nitrogens with zero attached hydrogens (tertiary/aromatic N) is 2. The van der Waals surface area contributed by atoms with Gasteiger partial charge in [-0.3, -0.25) is 9.78 Å². The molecule has 0 atom stereocenters. The smallest absolute Gasteiger partial charge is 0.272 e. The van der Waals surface area contributed by atoms with Crippen LogP contribution >= 0.6 is 0 Å². The van der Waals surface area contributed by atoms with Crippen molar-refractivity contribution in [1.29, 1.82) is 0 Å². The lowest BCUT2D eigenvalue weighted by molar-refractivity contribution is -0.00219. The van der Waals surface area contributed by atoms with Crippen LogP contribution in [0.5, 0.6) is 0 Å². The standard InChI is InChI=1S/C18H19FN2O2/c1-18(23)7-9-21(10-8-18)17(22)16-6-5-14(12-20-16)13-3-2-4-15(19)11-13/h2-6,11-12,23H,7-10H2,1H3. The number of hydrogen-bond donors (Lipinski definition) is 1. The van der Waals surface area contributed by atoms with E-state index in [1.165, 1.54) is 12.1 Å². The molecule has 4 nitrogen and oxygen atoms in total. The van der Waals surface area contributed by atoms with Crippen LogP contribution in [0.15, 0.2) is 42.6 Å². The van der Waals surface area contributed by atoms with Crippen molar-refractivity contribution in [2.45, 2.75) is 25.4 Å².